The number of fused-ring (bicyclic) bond motifs is 2. The van der Waals surface area contributed by atoms with Crippen LogP contribution in [0.25, 0.3) is 15.3 Å². The van der Waals surface area contributed by atoms with E-state index in [1.54, 1.807) is 52.1 Å². The number of aromatic nitrogens is 6. The van der Waals surface area contributed by atoms with Crippen molar-refractivity contribution in [1.29, 1.82) is 0 Å². The molecule has 5 aromatic rings. The lowest BCUT2D eigenvalue weighted by Crippen LogP contribution is -2.36. The largest absolute Gasteiger partial charge is 0.324 e. The summed E-state index contributed by atoms with van der Waals surface area (Å²) in [4.78, 5) is 39.7. The molecule has 13 heteroatoms. The van der Waals surface area contributed by atoms with Gasteiger partial charge in [0.25, 0.3) is 5.91 Å². The minimum atomic E-state index is -0.296. The summed E-state index contributed by atoms with van der Waals surface area (Å²) in [5, 5.41) is 14.4. The van der Waals surface area contributed by atoms with Crippen molar-refractivity contribution in [1.82, 2.24) is 34.3 Å². The van der Waals surface area contributed by atoms with Gasteiger partial charge in [-0.2, -0.15) is 10.2 Å². The van der Waals surface area contributed by atoms with Gasteiger partial charge in [0.2, 0.25) is 5.91 Å². The van der Waals surface area contributed by atoms with Gasteiger partial charge in [-0.1, -0.05) is 0 Å². The van der Waals surface area contributed by atoms with Gasteiger partial charge in [-0.05, 0) is 19.4 Å². The first kappa shape index (κ1) is 23.5. The number of nitrogens with zero attached hydrogens (tertiary/aromatic N) is 7. The summed E-state index contributed by atoms with van der Waals surface area (Å²) in [5.41, 5.74) is 6.02. The number of thiazole rings is 2. The SMILES string of the molecule is Cc1ncc(NC(=O)CN2CCc3scnc3C2)cc1NC(=O)c1cnn2cc(-c3cnn(C)c3)sc12. The number of aryl methyl sites for hydroxylation is 2. The minimum absolute atomic E-state index is 0.138. The van der Waals surface area contributed by atoms with Crippen LogP contribution < -0.4 is 10.6 Å². The number of nitrogens with one attached hydrogen (secondary N) is 2. The maximum Gasteiger partial charge on any atom is 0.260 e. The molecule has 0 aromatic carbocycles. The van der Waals surface area contributed by atoms with Crippen LogP contribution >= 0.6 is 22.7 Å². The van der Waals surface area contributed by atoms with Crippen LogP contribution in [-0.4, -0.2) is 59.2 Å². The average molecular weight is 534 g/mol. The first-order chi connectivity index (χ1) is 17.9. The van der Waals surface area contributed by atoms with Crippen LogP contribution in [0.5, 0.6) is 0 Å². The monoisotopic (exact) mass is 533 g/mol. The Labute approximate surface area is 219 Å². The highest BCUT2D eigenvalue weighted by atomic mass is 32.1. The van der Waals surface area contributed by atoms with Crippen molar-refractivity contribution in [2.45, 2.75) is 19.9 Å². The Bertz CT molecular complexity index is 1630. The molecule has 5 aromatic heterocycles. The summed E-state index contributed by atoms with van der Waals surface area (Å²) in [6, 6.07) is 1.73. The maximum absolute atomic E-state index is 13.2. The summed E-state index contributed by atoms with van der Waals surface area (Å²) >= 11 is 3.14. The van der Waals surface area contributed by atoms with E-state index in [-0.39, 0.29) is 18.4 Å². The van der Waals surface area contributed by atoms with E-state index >= 15 is 0 Å². The van der Waals surface area contributed by atoms with Crippen LogP contribution in [0, 0.1) is 6.92 Å². The quantitative estimate of drug-likeness (QED) is 0.344. The molecule has 37 heavy (non-hydrogen) atoms. The predicted octanol–water partition coefficient (Wildman–Crippen LogP) is 3.21. The molecule has 2 N–H and O–H groups in total. The van der Waals surface area contributed by atoms with E-state index in [9.17, 15) is 9.59 Å². The Hall–Kier alpha value is -3.94. The molecule has 6 rings (SSSR count). The average Bonchev–Trinajstić information content (AvgIpc) is 3.64. The molecule has 11 nitrogen and oxygen atoms in total. The number of carbonyl (C=O) groups is 2. The van der Waals surface area contributed by atoms with E-state index in [1.807, 2.05) is 25.0 Å². The number of rotatable bonds is 6. The van der Waals surface area contributed by atoms with E-state index in [0.29, 0.717) is 29.2 Å². The molecule has 188 valence electrons. The highest BCUT2D eigenvalue weighted by molar-refractivity contribution is 7.21. The van der Waals surface area contributed by atoms with E-state index in [1.165, 1.54) is 16.2 Å². The van der Waals surface area contributed by atoms with Gasteiger partial charge in [-0.25, -0.2) is 9.50 Å². The molecule has 0 unspecified atom stereocenters. The lowest BCUT2D eigenvalue weighted by Gasteiger charge is -2.25. The van der Waals surface area contributed by atoms with E-state index in [4.69, 9.17) is 0 Å². The van der Waals surface area contributed by atoms with E-state index in [0.717, 1.165) is 33.9 Å². The first-order valence-electron chi connectivity index (χ1n) is 11.6. The Balaban J connectivity index is 1.14. The molecular weight excluding hydrogens is 510 g/mol. The fraction of sp³-hybridized carbons (Fsp3) is 0.250. The molecule has 2 amide bonds. The van der Waals surface area contributed by atoms with Crippen molar-refractivity contribution in [2.75, 3.05) is 23.7 Å². The van der Waals surface area contributed by atoms with Crippen molar-refractivity contribution < 1.29 is 9.59 Å². The number of carbonyl (C=O) groups excluding carboxylic acids is 2. The summed E-state index contributed by atoms with van der Waals surface area (Å²) in [5.74, 6) is -0.434. The standard InChI is InChI=1S/C24H23N9O2S2/c1-14-18(5-16(7-25-14)29-22(34)12-32-4-3-20-19(10-32)26-13-36-20)30-23(35)17-8-28-33-11-21(37-24(17)33)15-6-27-31(2)9-15/h5-9,11,13H,3-4,10,12H2,1-2H3,(H,29,34)(H,30,35). The molecule has 0 atom stereocenters. The zero-order valence-corrected chi connectivity index (χ0v) is 21.8. The summed E-state index contributed by atoms with van der Waals surface area (Å²) < 4.78 is 3.43. The third kappa shape index (κ3) is 4.75. The van der Waals surface area contributed by atoms with Crippen LogP contribution in [0.4, 0.5) is 11.4 Å². The summed E-state index contributed by atoms with van der Waals surface area (Å²) in [6.07, 6.45) is 9.63. The number of hydrogen-bond donors (Lipinski definition) is 2. The van der Waals surface area contributed by atoms with Gasteiger partial charge in [-0.15, -0.1) is 22.7 Å². The van der Waals surface area contributed by atoms with Crippen molar-refractivity contribution in [3.8, 4) is 10.4 Å². The van der Waals surface area contributed by atoms with Crippen molar-refractivity contribution >= 4 is 50.7 Å². The summed E-state index contributed by atoms with van der Waals surface area (Å²) in [6.45, 7) is 3.56. The fourth-order valence-corrected chi connectivity index (χ4v) is 6.06. The van der Waals surface area contributed by atoms with Crippen molar-refractivity contribution in [2.24, 2.45) is 7.05 Å². The molecule has 0 saturated heterocycles. The topological polar surface area (TPSA) is 122 Å². The second-order valence-electron chi connectivity index (χ2n) is 8.85. The number of hydrogen-bond acceptors (Lipinski definition) is 9. The Morgan fingerprint density at radius 3 is 2.84 bits per heavy atom. The predicted molar refractivity (Wildman–Crippen MR) is 142 cm³/mol. The normalized spacial score (nSPS) is 13.6. The zero-order chi connectivity index (χ0) is 25.5. The smallest absolute Gasteiger partial charge is 0.260 e. The van der Waals surface area contributed by atoms with Gasteiger partial charge in [0.05, 0.1) is 63.8 Å². The number of anilines is 2. The van der Waals surface area contributed by atoms with Gasteiger partial charge >= 0.3 is 0 Å². The second-order valence-corrected chi connectivity index (χ2v) is 10.8. The molecule has 0 fully saturated rings. The van der Waals surface area contributed by atoms with E-state index in [2.05, 4.69) is 35.7 Å². The zero-order valence-electron chi connectivity index (χ0n) is 20.1. The van der Waals surface area contributed by atoms with Crippen molar-refractivity contribution in [3.63, 3.8) is 0 Å². The Kier molecular flexibility index (Phi) is 6.02. The van der Waals surface area contributed by atoms with Crippen LogP contribution in [0.15, 0.2) is 42.6 Å². The number of amides is 2. The Morgan fingerprint density at radius 1 is 1.11 bits per heavy atom. The third-order valence-corrected chi connectivity index (χ3v) is 8.27. The molecular formula is C24H23N9O2S2. The van der Waals surface area contributed by atoms with Gasteiger partial charge in [-0.3, -0.25) is 24.2 Å². The fourth-order valence-electron chi connectivity index (χ4n) is 4.26. The number of pyridine rings is 1. The third-order valence-electron chi connectivity index (χ3n) is 6.17. The molecule has 0 aliphatic carbocycles. The molecule has 0 saturated carbocycles. The van der Waals surface area contributed by atoms with Crippen LogP contribution in [0.2, 0.25) is 0 Å². The van der Waals surface area contributed by atoms with Gasteiger partial charge in [0.1, 0.15) is 4.83 Å². The molecule has 0 bridgehead atoms. The van der Waals surface area contributed by atoms with Crippen LogP contribution in [-0.2, 0) is 24.8 Å². The highest BCUT2D eigenvalue weighted by Crippen LogP contribution is 2.30. The van der Waals surface area contributed by atoms with Gasteiger partial charge in [0, 0.05) is 43.0 Å². The molecule has 0 radical (unpaired) electrons. The summed E-state index contributed by atoms with van der Waals surface area (Å²) in [7, 11) is 1.86. The lowest BCUT2D eigenvalue weighted by atomic mass is 10.2. The van der Waals surface area contributed by atoms with Gasteiger partial charge < -0.3 is 10.6 Å². The molecule has 1 aliphatic rings. The molecule has 6 heterocycles. The minimum Gasteiger partial charge on any atom is -0.324 e. The molecule has 0 spiro atoms. The highest BCUT2D eigenvalue weighted by Gasteiger charge is 2.21. The van der Waals surface area contributed by atoms with E-state index < -0.39 is 0 Å². The molecule has 1 aliphatic heterocycles. The van der Waals surface area contributed by atoms with Crippen molar-refractivity contribution in [3.05, 3.63) is 64.4 Å². The van der Waals surface area contributed by atoms with Crippen LogP contribution in [0.3, 0.4) is 0 Å². The van der Waals surface area contributed by atoms with Gasteiger partial charge in [0.15, 0.2) is 0 Å². The second kappa shape index (κ2) is 9.50. The van der Waals surface area contributed by atoms with Crippen LogP contribution in [0.1, 0.15) is 26.6 Å². The Morgan fingerprint density at radius 2 is 2.00 bits per heavy atom. The first-order valence-corrected chi connectivity index (χ1v) is 13.3. The lowest BCUT2D eigenvalue weighted by molar-refractivity contribution is -0.117. The maximum atomic E-state index is 13.2.